The van der Waals surface area contributed by atoms with Crippen LogP contribution >= 0.6 is 23.1 Å². The first-order valence-corrected chi connectivity index (χ1v) is 10.6. The van der Waals surface area contributed by atoms with Crippen LogP contribution in [0.15, 0.2) is 11.4 Å². The first kappa shape index (κ1) is 18.6. The maximum Gasteiger partial charge on any atom is 0.319 e. The average molecular weight is 381 g/mol. The summed E-state index contributed by atoms with van der Waals surface area (Å²) < 4.78 is 10.6. The van der Waals surface area contributed by atoms with E-state index in [9.17, 15) is 4.79 Å². The third-order valence-electron chi connectivity index (χ3n) is 4.28. The van der Waals surface area contributed by atoms with Gasteiger partial charge in [-0.05, 0) is 44.6 Å². The predicted octanol–water partition coefficient (Wildman–Crippen LogP) is 4.02. The largest absolute Gasteiger partial charge is 0.462 e. The molecule has 2 aromatic rings. The van der Waals surface area contributed by atoms with Crippen molar-refractivity contribution in [2.75, 3.05) is 19.8 Å². The number of hydrogen-bond donors (Lipinski definition) is 0. The smallest absolute Gasteiger partial charge is 0.319 e. The van der Waals surface area contributed by atoms with Gasteiger partial charge in [0.15, 0.2) is 0 Å². The van der Waals surface area contributed by atoms with E-state index in [2.05, 4.69) is 9.97 Å². The minimum absolute atomic E-state index is 0.192. The molecule has 5 nitrogen and oxygen atoms in total. The summed E-state index contributed by atoms with van der Waals surface area (Å²) in [5.74, 6) is -0.192. The summed E-state index contributed by atoms with van der Waals surface area (Å²) in [6, 6.07) is 0. The summed E-state index contributed by atoms with van der Waals surface area (Å²) in [7, 11) is 0. The van der Waals surface area contributed by atoms with Crippen molar-refractivity contribution in [3.63, 3.8) is 0 Å². The predicted molar refractivity (Wildman–Crippen MR) is 101 cm³/mol. The zero-order valence-corrected chi connectivity index (χ0v) is 16.4. The van der Waals surface area contributed by atoms with E-state index in [0.29, 0.717) is 26.2 Å². The van der Waals surface area contributed by atoms with Crippen LogP contribution in [0.3, 0.4) is 0 Å². The molecule has 0 N–H and O–H groups in total. The molecule has 25 heavy (non-hydrogen) atoms. The Morgan fingerprint density at radius 1 is 1.28 bits per heavy atom. The molecule has 0 bridgehead atoms. The Kier molecular flexibility index (Phi) is 6.67. The van der Waals surface area contributed by atoms with E-state index in [1.807, 2.05) is 13.8 Å². The Bertz CT molecular complexity index is 732. The SMILES string of the molecule is CCOCCOC(=O)[C@@H](CC)Sc1ncnc2sc3c(c12)CCCC3. The van der Waals surface area contributed by atoms with Crippen LogP contribution in [-0.2, 0) is 27.1 Å². The number of carbonyl (C=O) groups is 1. The minimum Gasteiger partial charge on any atom is -0.462 e. The van der Waals surface area contributed by atoms with Gasteiger partial charge in [-0.1, -0.05) is 18.7 Å². The monoisotopic (exact) mass is 380 g/mol. The Morgan fingerprint density at radius 2 is 2.12 bits per heavy atom. The normalized spacial score (nSPS) is 15.1. The van der Waals surface area contributed by atoms with Crippen molar-refractivity contribution < 1.29 is 14.3 Å². The van der Waals surface area contributed by atoms with Gasteiger partial charge in [-0.15, -0.1) is 11.3 Å². The van der Waals surface area contributed by atoms with Crippen LogP contribution in [0.1, 0.15) is 43.6 Å². The van der Waals surface area contributed by atoms with E-state index >= 15 is 0 Å². The molecule has 0 unspecified atom stereocenters. The maximum absolute atomic E-state index is 12.4. The van der Waals surface area contributed by atoms with E-state index in [4.69, 9.17) is 9.47 Å². The Morgan fingerprint density at radius 3 is 2.92 bits per heavy atom. The number of thioether (sulfide) groups is 1. The highest BCUT2D eigenvalue weighted by atomic mass is 32.2. The summed E-state index contributed by atoms with van der Waals surface area (Å²) in [6.07, 6.45) is 7.01. The number of aromatic nitrogens is 2. The molecule has 2 aromatic heterocycles. The number of ether oxygens (including phenoxy) is 2. The fourth-order valence-electron chi connectivity index (χ4n) is 3.02. The third-order valence-corrected chi connectivity index (χ3v) is 6.82. The van der Waals surface area contributed by atoms with Gasteiger partial charge in [-0.2, -0.15) is 0 Å². The molecule has 7 heteroatoms. The van der Waals surface area contributed by atoms with Gasteiger partial charge in [-0.3, -0.25) is 4.79 Å². The minimum atomic E-state index is -0.251. The van der Waals surface area contributed by atoms with E-state index in [-0.39, 0.29) is 11.2 Å². The quantitative estimate of drug-likeness (QED) is 0.298. The molecule has 2 heterocycles. The van der Waals surface area contributed by atoms with Crippen molar-refractivity contribution in [2.24, 2.45) is 0 Å². The molecule has 0 radical (unpaired) electrons. The molecule has 0 aromatic carbocycles. The topological polar surface area (TPSA) is 61.3 Å². The molecule has 0 fully saturated rings. The number of rotatable bonds is 8. The van der Waals surface area contributed by atoms with E-state index in [1.54, 1.807) is 17.7 Å². The highest BCUT2D eigenvalue weighted by Gasteiger charge is 2.25. The molecule has 0 saturated heterocycles. The van der Waals surface area contributed by atoms with Crippen LogP contribution in [0.5, 0.6) is 0 Å². The lowest BCUT2D eigenvalue weighted by Crippen LogP contribution is -2.21. The van der Waals surface area contributed by atoms with Crippen molar-refractivity contribution >= 4 is 39.3 Å². The van der Waals surface area contributed by atoms with Crippen molar-refractivity contribution in [3.8, 4) is 0 Å². The average Bonchev–Trinajstić information content (AvgIpc) is 3.02. The van der Waals surface area contributed by atoms with Gasteiger partial charge in [0.05, 0.1) is 6.61 Å². The van der Waals surface area contributed by atoms with Crippen molar-refractivity contribution in [3.05, 3.63) is 16.8 Å². The third kappa shape index (κ3) is 4.33. The fourth-order valence-corrected chi connectivity index (χ4v) is 5.36. The second-order valence-corrected chi connectivity index (χ2v) is 8.22. The number of carbonyl (C=O) groups excluding carboxylic acids is 1. The maximum atomic E-state index is 12.4. The molecular weight excluding hydrogens is 356 g/mol. The van der Waals surface area contributed by atoms with E-state index < -0.39 is 0 Å². The van der Waals surface area contributed by atoms with Crippen LogP contribution in [0.25, 0.3) is 10.2 Å². The highest BCUT2D eigenvalue weighted by molar-refractivity contribution is 8.00. The van der Waals surface area contributed by atoms with E-state index in [1.165, 1.54) is 35.0 Å². The molecule has 3 rings (SSSR count). The number of esters is 1. The van der Waals surface area contributed by atoms with Gasteiger partial charge in [0.25, 0.3) is 0 Å². The van der Waals surface area contributed by atoms with Gasteiger partial charge in [0.1, 0.15) is 28.0 Å². The molecule has 1 atom stereocenters. The first-order valence-electron chi connectivity index (χ1n) is 8.90. The Hall–Kier alpha value is -1.18. The van der Waals surface area contributed by atoms with Crippen LogP contribution in [0, 0.1) is 0 Å². The van der Waals surface area contributed by atoms with Crippen molar-refractivity contribution in [2.45, 2.75) is 56.2 Å². The summed E-state index contributed by atoms with van der Waals surface area (Å²) in [4.78, 5) is 23.8. The van der Waals surface area contributed by atoms with Crippen molar-refractivity contribution in [1.29, 1.82) is 0 Å². The number of nitrogens with zero attached hydrogens (tertiary/aromatic N) is 2. The number of thiophene rings is 1. The molecular formula is C18H24N2O3S2. The number of fused-ring (bicyclic) bond motifs is 3. The molecule has 0 spiro atoms. The molecule has 0 aliphatic heterocycles. The second-order valence-electron chi connectivity index (χ2n) is 5.95. The Labute approximate surface area is 156 Å². The first-order chi connectivity index (χ1) is 12.2. The molecule has 1 aliphatic carbocycles. The molecule has 136 valence electrons. The van der Waals surface area contributed by atoms with Gasteiger partial charge < -0.3 is 9.47 Å². The lowest BCUT2D eigenvalue weighted by Gasteiger charge is -2.15. The van der Waals surface area contributed by atoms with Crippen LogP contribution in [0.4, 0.5) is 0 Å². The van der Waals surface area contributed by atoms with Crippen LogP contribution in [0.2, 0.25) is 0 Å². The van der Waals surface area contributed by atoms with Gasteiger partial charge >= 0.3 is 5.97 Å². The summed E-state index contributed by atoms with van der Waals surface area (Å²) in [5.41, 5.74) is 1.40. The van der Waals surface area contributed by atoms with Crippen LogP contribution in [-0.4, -0.2) is 41.0 Å². The molecule has 0 amide bonds. The summed E-state index contributed by atoms with van der Waals surface area (Å²) in [5, 5.41) is 1.82. The summed E-state index contributed by atoms with van der Waals surface area (Å²) >= 11 is 3.29. The lowest BCUT2D eigenvalue weighted by molar-refractivity contribution is -0.144. The van der Waals surface area contributed by atoms with Gasteiger partial charge in [0, 0.05) is 16.9 Å². The highest BCUT2D eigenvalue weighted by Crippen LogP contribution is 2.40. The van der Waals surface area contributed by atoms with Crippen molar-refractivity contribution in [1.82, 2.24) is 9.97 Å². The standard InChI is InChI=1S/C18H24N2O3S2/c1-3-13(18(21)23-10-9-22-4-2)24-16-15-12-7-5-6-8-14(12)25-17(15)20-11-19-16/h11,13H,3-10H2,1-2H3/t13-/m1/s1. The molecule has 0 saturated carbocycles. The zero-order valence-electron chi connectivity index (χ0n) is 14.7. The van der Waals surface area contributed by atoms with E-state index in [0.717, 1.165) is 28.1 Å². The van der Waals surface area contributed by atoms with Crippen LogP contribution < -0.4 is 0 Å². The number of hydrogen-bond acceptors (Lipinski definition) is 7. The lowest BCUT2D eigenvalue weighted by atomic mass is 9.97. The van der Waals surface area contributed by atoms with Gasteiger partial charge in [0.2, 0.25) is 0 Å². The fraction of sp³-hybridized carbons (Fsp3) is 0.611. The Balaban J connectivity index is 1.76. The second kappa shape index (κ2) is 8.96. The van der Waals surface area contributed by atoms with Gasteiger partial charge in [-0.25, -0.2) is 9.97 Å². The zero-order chi connectivity index (χ0) is 17.6. The number of aryl methyl sites for hydroxylation is 2. The molecule has 1 aliphatic rings. The summed E-state index contributed by atoms with van der Waals surface area (Å²) in [6.45, 7) is 5.30.